The van der Waals surface area contributed by atoms with Gasteiger partial charge in [-0.05, 0) is 23.3 Å². The second-order valence-corrected chi connectivity index (χ2v) is 6.39. The molecule has 8 heteroatoms. The molecule has 0 fully saturated rings. The number of rotatable bonds is 7. The maximum atomic E-state index is 11.7. The van der Waals surface area contributed by atoms with Crippen LogP contribution in [0.3, 0.4) is 0 Å². The van der Waals surface area contributed by atoms with Gasteiger partial charge in [-0.3, -0.25) is 9.59 Å². The van der Waals surface area contributed by atoms with Crippen LogP contribution in [0.1, 0.15) is 17.2 Å². The van der Waals surface area contributed by atoms with E-state index in [1.54, 1.807) is 0 Å². The lowest BCUT2D eigenvalue weighted by atomic mass is 10.0. The van der Waals surface area contributed by atoms with Crippen molar-refractivity contribution < 1.29 is 29.3 Å². The second kappa shape index (κ2) is 9.13. The predicted molar refractivity (Wildman–Crippen MR) is 104 cm³/mol. The molecule has 3 amide bonds. The van der Waals surface area contributed by atoms with Gasteiger partial charge in [0.25, 0.3) is 11.8 Å². The number of aliphatic hydroxyl groups is 2. The van der Waals surface area contributed by atoms with Crippen molar-refractivity contribution in [2.24, 2.45) is 0 Å². The van der Waals surface area contributed by atoms with Gasteiger partial charge in [0, 0.05) is 18.7 Å². The number of hydrogen-bond donors (Lipinski definition) is 3. The number of carbonyl (C=O) groups excluding carboxylic acids is 3. The molecule has 0 saturated carbocycles. The maximum Gasteiger partial charge on any atom is 0.407 e. The first-order valence-electron chi connectivity index (χ1n) is 8.92. The Kier molecular flexibility index (Phi) is 6.38. The minimum atomic E-state index is -1.28. The van der Waals surface area contributed by atoms with Crippen molar-refractivity contribution in [2.75, 3.05) is 11.4 Å². The molecule has 0 bridgehead atoms. The van der Waals surface area contributed by atoms with Crippen LogP contribution in [0.15, 0.2) is 66.7 Å². The third-order valence-corrected chi connectivity index (χ3v) is 4.33. The molecule has 0 aliphatic carbocycles. The highest BCUT2D eigenvalue weighted by Gasteiger charge is 2.26. The molecule has 1 aliphatic heterocycles. The van der Waals surface area contributed by atoms with Crippen LogP contribution in [0, 0.1) is 0 Å². The number of nitrogens with zero attached hydrogens (tertiary/aromatic N) is 1. The van der Waals surface area contributed by atoms with Crippen LogP contribution in [0.25, 0.3) is 0 Å². The summed E-state index contributed by atoms with van der Waals surface area (Å²) in [5, 5.41) is 22.8. The summed E-state index contributed by atoms with van der Waals surface area (Å²) in [5.41, 5.74) is 1.55. The third-order valence-electron chi connectivity index (χ3n) is 4.33. The number of hydrogen-bond acceptors (Lipinski definition) is 6. The fourth-order valence-corrected chi connectivity index (χ4v) is 2.77. The molecular weight excluding hydrogens is 376 g/mol. The van der Waals surface area contributed by atoms with Gasteiger partial charge in [-0.2, -0.15) is 0 Å². The zero-order chi connectivity index (χ0) is 20.8. The van der Waals surface area contributed by atoms with Gasteiger partial charge in [-0.1, -0.05) is 42.5 Å². The van der Waals surface area contributed by atoms with Gasteiger partial charge < -0.3 is 20.3 Å². The molecule has 2 atom stereocenters. The summed E-state index contributed by atoms with van der Waals surface area (Å²) >= 11 is 0. The number of anilines is 1. The van der Waals surface area contributed by atoms with Crippen molar-refractivity contribution in [1.29, 1.82) is 0 Å². The Balaban J connectivity index is 1.49. The molecular formula is C21H20N2O6. The fourth-order valence-electron chi connectivity index (χ4n) is 2.77. The topological polar surface area (TPSA) is 116 Å². The van der Waals surface area contributed by atoms with E-state index >= 15 is 0 Å². The van der Waals surface area contributed by atoms with Crippen LogP contribution < -0.4 is 10.2 Å². The number of aliphatic hydroxyl groups excluding tert-OH is 2. The molecule has 1 heterocycles. The lowest BCUT2D eigenvalue weighted by Gasteiger charge is -2.20. The first-order chi connectivity index (χ1) is 14.0. The van der Waals surface area contributed by atoms with Crippen molar-refractivity contribution in [3.8, 4) is 0 Å². The van der Waals surface area contributed by atoms with Crippen LogP contribution >= 0.6 is 0 Å². The normalized spacial score (nSPS) is 15.3. The van der Waals surface area contributed by atoms with E-state index in [1.807, 2.05) is 30.3 Å². The van der Waals surface area contributed by atoms with E-state index in [2.05, 4.69) is 5.32 Å². The summed E-state index contributed by atoms with van der Waals surface area (Å²) in [6.07, 6.45) is -0.910. The van der Waals surface area contributed by atoms with Gasteiger partial charge >= 0.3 is 6.09 Å². The van der Waals surface area contributed by atoms with E-state index in [0.717, 1.165) is 10.5 Å². The molecule has 29 heavy (non-hydrogen) atoms. The maximum absolute atomic E-state index is 11.7. The van der Waals surface area contributed by atoms with Gasteiger partial charge in [-0.25, -0.2) is 9.69 Å². The molecule has 2 aromatic carbocycles. The lowest BCUT2D eigenvalue weighted by molar-refractivity contribution is -0.119. The van der Waals surface area contributed by atoms with E-state index in [0.29, 0.717) is 11.3 Å². The summed E-state index contributed by atoms with van der Waals surface area (Å²) in [6, 6.07) is 15.1. The van der Waals surface area contributed by atoms with E-state index in [4.69, 9.17) is 4.74 Å². The summed E-state index contributed by atoms with van der Waals surface area (Å²) < 4.78 is 5.04. The van der Waals surface area contributed by atoms with E-state index < -0.39 is 30.1 Å². The highest BCUT2D eigenvalue weighted by Crippen LogP contribution is 2.23. The Labute approximate surface area is 167 Å². The van der Waals surface area contributed by atoms with Gasteiger partial charge in [-0.15, -0.1) is 0 Å². The molecule has 150 valence electrons. The van der Waals surface area contributed by atoms with E-state index in [9.17, 15) is 24.6 Å². The molecule has 2 unspecified atom stereocenters. The summed E-state index contributed by atoms with van der Waals surface area (Å²) in [7, 11) is 0. The third kappa shape index (κ3) is 5.07. The predicted octanol–water partition coefficient (Wildman–Crippen LogP) is 1.44. The molecule has 0 spiro atoms. The van der Waals surface area contributed by atoms with Gasteiger partial charge in [0.2, 0.25) is 0 Å². The monoisotopic (exact) mass is 396 g/mol. The first-order valence-corrected chi connectivity index (χ1v) is 8.92. The van der Waals surface area contributed by atoms with Crippen LogP contribution in [0.4, 0.5) is 10.5 Å². The highest BCUT2D eigenvalue weighted by atomic mass is 16.5. The van der Waals surface area contributed by atoms with Gasteiger partial charge in [0.05, 0.1) is 5.69 Å². The Morgan fingerprint density at radius 2 is 1.59 bits per heavy atom. The molecule has 0 saturated heterocycles. The minimum Gasteiger partial charge on any atom is -0.445 e. The molecule has 0 radical (unpaired) electrons. The van der Waals surface area contributed by atoms with Crippen molar-refractivity contribution in [3.63, 3.8) is 0 Å². The Morgan fingerprint density at radius 1 is 0.966 bits per heavy atom. The number of ether oxygens (including phenoxy) is 1. The highest BCUT2D eigenvalue weighted by molar-refractivity contribution is 6.28. The number of nitrogens with one attached hydrogen (secondary N) is 1. The Hall–Kier alpha value is -3.49. The smallest absolute Gasteiger partial charge is 0.407 e. The zero-order valence-electron chi connectivity index (χ0n) is 15.4. The van der Waals surface area contributed by atoms with Crippen molar-refractivity contribution in [3.05, 3.63) is 77.9 Å². The molecule has 3 rings (SSSR count). The van der Waals surface area contributed by atoms with Crippen molar-refractivity contribution in [2.45, 2.75) is 18.8 Å². The Bertz CT molecular complexity index is 893. The number of alkyl carbamates (subject to hydrolysis) is 1. The van der Waals surface area contributed by atoms with Gasteiger partial charge in [0.1, 0.15) is 18.8 Å². The molecule has 3 N–H and O–H groups in total. The SMILES string of the molecule is O=C(NCC(O)C(O)c1ccc(N2C(=O)C=CC2=O)cc1)OCc1ccccc1. The molecule has 2 aromatic rings. The zero-order valence-corrected chi connectivity index (χ0v) is 15.4. The number of carbonyl (C=O) groups is 3. The first kappa shape index (κ1) is 20.2. The van der Waals surface area contributed by atoms with E-state index in [-0.39, 0.29) is 13.2 Å². The van der Waals surface area contributed by atoms with Crippen molar-refractivity contribution >= 4 is 23.6 Å². The summed E-state index contributed by atoms with van der Waals surface area (Å²) in [6.45, 7) is -0.126. The van der Waals surface area contributed by atoms with Crippen LogP contribution in [-0.2, 0) is 20.9 Å². The molecule has 1 aliphatic rings. The standard InChI is InChI=1S/C21H20N2O6/c24-17(12-22-21(28)29-13-14-4-2-1-3-5-14)20(27)15-6-8-16(9-7-15)23-18(25)10-11-19(23)26/h1-11,17,20,24,27H,12-13H2,(H,22,28). The Morgan fingerprint density at radius 3 is 2.21 bits per heavy atom. The minimum absolute atomic E-state index is 0.0928. The van der Waals surface area contributed by atoms with Gasteiger partial charge in [0.15, 0.2) is 0 Å². The summed E-state index contributed by atoms with van der Waals surface area (Å²) in [5.74, 6) is -0.886. The molecule has 0 aromatic heterocycles. The average Bonchev–Trinajstić information content (AvgIpc) is 3.08. The lowest BCUT2D eigenvalue weighted by Crippen LogP contribution is -2.35. The number of amides is 3. The van der Waals surface area contributed by atoms with Crippen LogP contribution in [-0.4, -0.2) is 40.8 Å². The largest absolute Gasteiger partial charge is 0.445 e. The fraction of sp³-hybridized carbons (Fsp3) is 0.190. The second-order valence-electron chi connectivity index (χ2n) is 6.39. The van der Waals surface area contributed by atoms with E-state index in [1.165, 1.54) is 36.4 Å². The average molecular weight is 396 g/mol. The number of benzene rings is 2. The molecule has 8 nitrogen and oxygen atoms in total. The summed E-state index contributed by atoms with van der Waals surface area (Å²) in [4.78, 5) is 36.1. The van der Waals surface area contributed by atoms with Crippen molar-refractivity contribution in [1.82, 2.24) is 5.32 Å². The van der Waals surface area contributed by atoms with Crippen LogP contribution in [0.5, 0.6) is 0 Å². The number of imide groups is 1. The van der Waals surface area contributed by atoms with Crippen LogP contribution in [0.2, 0.25) is 0 Å². The quantitative estimate of drug-likeness (QED) is 0.610.